The van der Waals surface area contributed by atoms with Crippen LogP contribution in [0.3, 0.4) is 0 Å². The predicted octanol–water partition coefficient (Wildman–Crippen LogP) is 3.04. The quantitative estimate of drug-likeness (QED) is 0.853. The molecule has 0 N–H and O–H groups in total. The smallest absolute Gasteiger partial charge is 0.176 e. The molecule has 0 saturated heterocycles. The van der Waals surface area contributed by atoms with E-state index in [4.69, 9.17) is 0 Å². The van der Waals surface area contributed by atoms with E-state index in [9.17, 15) is 8.42 Å². The molecule has 0 spiro atoms. The molecule has 4 heteroatoms. The van der Waals surface area contributed by atoms with Gasteiger partial charge in [-0.05, 0) is 24.3 Å². The van der Waals surface area contributed by atoms with E-state index in [0.29, 0.717) is 0 Å². The normalized spacial score (nSPS) is 11.4. The van der Waals surface area contributed by atoms with Gasteiger partial charge in [-0.15, -0.1) is 0 Å². The van der Waals surface area contributed by atoms with Gasteiger partial charge in [-0.3, -0.25) is 0 Å². The van der Waals surface area contributed by atoms with Gasteiger partial charge < -0.3 is 0 Å². The highest BCUT2D eigenvalue weighted by Gasteiger charge is 2.08. The van der Waals surface area contributed by atoms with E-state index >= 15 is 0 Å². The summed E-state index contributed by atoms with van der Waals surface area (Å²) in [6.07, 6.45) is 1.19. The Morgan fingerprint density at radius 3 is 2.41 bits per heavy atom. The monoisotopic (exact) mass is 263 g/mol. The molecule has 0 saturated carbocycles. The maximum Gasteiger partial charge on any atom is 0.176 e. The van der Waals surface area contributed by atoms with E-state index in [1.807, 2.05) is 36.4 Å². The maximum absolute atomic E-state index is 11.4. The molecule has 0 aromatic heterocycles. The first-order valence-corrected chi connectivity index (χ1v) is 7.71. The fourth-order valence-corrected chi connectivity index (χ4v) is 2.90. The Kier molecular flexibility index (Phi) is 3.54. The van der Waals surface area contributed by atoms with Crippen molar-refractivity contribution in [1.29, 1.82) is 0 Å². The van der Waals surface area contributed by atoms with Crippen molar-refractivity contribution in [2.45, 2.75) is 14.7 Å². The number of sulfone groups is 1. The average molecular weight is 263 g/mol. The third-order valence-corrected chi connectivity index (χ3v) is 4.16. The molecule has 0 atom stereocenters. The van der Waals surface area contributed by atoms with Crippen LogP contribution in [0.1, 0.15) is 0 Å². The van der Waals surface area contributed by atoms with Crippen molar-refractivity contribution in [3.63, 3.8) is 0 Å². The second-order valence-corrected chi connectivity index (χ2v) is 6.71. The first-order valence-electron chi connectivity index (χ1n) is 5.00. The molecule has 87 valence electrons. The topological polar surface area (TPSA) is 34.1 Å². The molecule has 2 rings (SSSR count). The lowest BCUT2D eigenvalue weighted by Crippen LogP contribution is -1.96. The van der Waals surface area contributed by atoms with Crippen LogP contribution in [-0.2, 0) is 9.84 Å². The standard InChI is InChI=1S/C13H11O2S2/c1-17(14,15)13-9-5-8-12(10-13)16-11-6-3-2-4-7-11/h2-8,10H,1H3. The SMILES string of the molecule is CS(=O)(=O)c1[c]ccc(Sc2ccccc2)c1. The Labute approximate surface area is 106 Å². The Morgan fingerprint density at radius 1 is 1.06 bits per heavy atom. The van der Waals surface area contributed by atoms with Crippen molar-refractivity contribution in [3.8, 4) is 0 Å². The van der Waals surface area contributed by atoms with Crippen molar-refractivity contribution in [2.24, 2.45) is 0 Å². The molecule has 0 bridgehead atoms. The number of benzene rings is 2. The van der Waals surface area contributed by atoms with Crippen molar-refractivity contribution in [2.75, 3.05) is 6.26 Å². The van der Waals surface area contributed by atoms with E-state index in [1.165, 1.54) is 18.0 Å². The van der Waals surface area contributed by atoms with Crippen LogP contribution in [0.4, 0.5) is 0 Å². The van der Waals surface area contributed by atoms with E-state index in [-0.39, 0.29) is 4.90 Å². The van der Waals surface area contributed by atoms with Crippen LogP contribution in [0.15, 0.2) is 63.2 Å². The van der Waals surface area contributed by atoms with Crippen LogP contribution in [0.2, 0.25) is 0 Å². The summed E-state index contributed by atoms with van der Waals surface area (Å²) >= 11 is 1.53. The van der Waals surface area contributed by atoms with E-state index < -0.39 is 9.84 Å². The summed E-state index contributed by atoms with van der Waals surface area (Å²) in [5, 5.41) is 0. The minimum Gasteiger partial charge on any atom is -0.224 e. The Hall–Kier alpha value is -1.26. The zero-order valence-corrected chi connectivity index (χ0v) is 10.9. The van der Waals surface area contributed by atoms with E-state index in [0.717, 1.165) is 9.79 Å². The van der Waals surface area contributed by atoms with Crippen molar-refractivity contribution >= 4 is 21.6 Å². The maximum atomic E-state index is 11.4. The van der Waals surface area contributed by atoms with Gasteiger partial charge in [0.2, 0.25) is 0 Å². The first kappa shape index (κ1) is 12.2. The van der Waals surface area contributed by atoms with Gasteiger partial charge >= 0.3 is 0 Å². The van der Waals surface area contributed by atoms with Gasteiger partial charge in [-0.25, -0.2) is 8.42 Å². The molecular formula is C13H11O2S2. The average Bonchev–Trinajstić information content (AvgIpc) is 2.29. The number of hydrogen-bond donors (Lipinski definition) is 0. The molecule has 0 fully saturated rings. The summed E-state index contributed by atoms with van der Waals surface area (Å²) in [6.45, 7) is 0. The lowest BCUT2D eigenvalue weighted by atomic mass is 10.4. The molecule has 0 aliphatic carbocycles. The largest absolute Gasteiger partial charge is 0.224 e. The van der Waals surface area contributed by atoms with Gasteiger partial charge in [-0.1, -0.05) is 36.0 Å². The highest BCUT2D eigenvalue weighted by atomic mass is 32.2. The summed E-state index contributed by atoms with van der Waals surface area (Å²) in [6, 6.07) is 17.7. The molecular weight excluding hydrogens is 252 g/mol. The van der Waals surface area contributed by atoms with Gasteiger partial charge in [0.25, 0.3) is 0 Å². The Bertz CT molecular complexity index is 604. The Balaban J connectivity index is 2.29. The van der Waals surface area contributed by atoms with E-state index in [1.54, 1.807) is 12.1 Å². The minimum absolute atomic E-state index is 0.235. The van der Waals surface area contributed by atoms with Crippen LogP contribution in [0.5, 0.6) is 0 Å². The Morgan fingerprint density at radius 2 is 1.76 bits per heavy atom. The van der Waals surface area contributed by atoms with E-state index in [2.05, 4.69) is 6.07 Å². The molecule has 2 aromatic rings. The van der Waals surface area contributed by atoms with Gasteiger partial charge in [0.05, 0.1) is 4.90 Å². The van der Waals surface area contributed by atoms with Crippen molar-refractivity contribution in [3.05, 3.63) is 54.6 Å². The summed E-state index contributed by atoms with van der Waals surface area (Å²) in [4.78, 5) is 2.21. The van der Waals surface area contributed by atoms with Gasteiger partial charge in [-0.2, -0.15) is 0 Å². The molecule has 17 heavy (non-hydrogen) atoms. The second-order valence-electron chi connectivity index (χ2n) is 3.58. The van der Waals surface area contributed by atoms with Crippen LogP contribution in [-0.4, -0.2) is 14.7 Å². The lowest BCUT2D eigenvalue weighted by molar-refractivity contribution is 0.601. The second kappa shape index (κ2) is 4.94. The first-order chi connectivity index (χ1) is 8.05. The molecule has 0 aliphatic heterocycles. The van der Waals surface area contributed by atoms with Crippen LogP contribution in [0.25, 0.3) is 0 Å². The molecule has 2 nitrogen and oxygen atoms in total. The predicted molar refractivity (Wildman–Crippen MR) is 69.0 cm³/mol. The van der Waals surface area contributed by atoms with Gasteiger partial charge in [0.1, 0.15) is 0 Å². The molecule has 0 heterocycles. The highest BCUT2D eigenvalue weighted by molar-refractivity contribution is 7.99. The highest BCUT2D eigenvalue weighted by Crippen LogP contribution is 2.28. The van der Waals surface area contributed by atoms with Crippen molar-refractivity contribution in [1.82, 2.24) is 0 Å². The van der Waals surface area contributed by atoms with Crippen LogP contribution in [0, 0.1) is 6.07 Å². The molecule has 0 unspecified atom stereocenters. The summed E-state index contributed by atoms with van der Waals surface area (Å²) in [7, 11) is -3.19. The lowest BCUT2D eigenvalue weighted by Gasteiger charge is -2.03. The minimum atomic E-state index is -3.19. The van der Waals surface area contributed by atoms with Crippen molar-refractivity contribution < 1.29 is 8.42 Å². The zero-order chi connectivity index (χ0) is 12.3. The third-order valence-electron chi connectivity index (χ3n) is 2.12. The number of rotatable bonds is 3. The third kappa shape index (κ3) is 3.35. The number of hydrogen-bond acceptors (Lipinski definition) is 3. The zero-order valence-electron chi connectivity index (χ0n) is 9.25. The fourth-order valence-electron chi connectivity index (χ4n) is 1.33. The summed E-state index contributed by atoms with van der Waals surface area (Å²) in [5.41, 5.74) is 0. The molecule has 0 amide bonds. The van der Waals surface area contributed by atoms with Gasteiger partial charge in [0, 0.05) is 22.1 Å². The molecule has 0 aliphatic rings. The molecule has 2 aromatic carbocycles. The summed E-state index contributed by atoms with van der Waals surface area (Å²) < 4.78 is 22.8. The van der Waals surface area contributed by atoms with Crippen LogP contribution < -0.4 is 0 Å². The van der Waals surface area contributed by atoms with Crippen LogP contribution >= 0.6 is 11.8 Å². The fraction of sp³-hybridized carbons (Fsp3) is 0.0769. The molecule has 1 radical (unpaired) electrons. The summed E-state index contributed by atoms with van der Waals surface area (Å²) in [5.74, 6) is 0. The van der Waals surface area contributed by atoms with Gasteiger partial charge in [0.15, 0.2) is 9.84 Å².